The fourth-order valence-corrected chi connectivity index (χ4v) is 6.17. The molecule has 5 nitrogen and oxygen atoms in total. The second-order valence-electron chi connectivity index (χ2n) is 6.26. The summed E-state index contributed by atoms with van der Waals surface area (Å²) in [5.74, 6) is -0.314. The lowest BCUT2D eigenvalue weighted by Gasteiger charge is -2.31. The van der Waals surface area contributed by atoms with E-state index in [1.807, 2.05) is 0 Å². The Balaban J connectivity index is 2.19. The van der Waals surface area contributed by atoms with Crippen LogP contribution in [0, 0.1) is 0 Å². The molecule has 0 bridgehead atoms. The van der Waals surface area contributed by atoms with Gasteiger partial charge in [0.25, 0.3) is 10.1 Å². The van der Waals surface area contributed by atoms with Crippen LogP contribution in [-0.4, -0.2) is 18.6 Å². The van der Waals surface area contributed by atoms with Crippen molar-refractivity contribution >= 4 is 65.2 Å². The highest BCUT2D eigenvalue weighted by Gasteiger charge is 2.52. The largest absolute Gasteiger partial charge is 0.507 e. The maximum atomic E-state index is 12.9. The van der Waals surface area contributed by atoms with Crippen molar-refractivity contribution in [3.8, 4) is 11.5 Å². The average molecular weight is 581 g/mol. The van der Waals surface area contributed by atoms with Gasteiger partial charge in [-0.15, -0.1) is 0 Å². The summed E-state index contributed by atoms with van der Waals surface area (Å²) in [7, 11) is -4.14. The van der Waals surface area contributed by atoms with Crippen molar-refractivity contribution in [1.29, 1.82) is 0 Å². The number of fused-ring (bicyclic) bond motifs is 1. The molecule has 0 saturated heterocycles. The van der Waals surface area contributed by atoms with Gasteiger partial charge in [-0.05, 0) is 61.7 Å². The van der Waals surface area contributed by atoms with Gasteiger partial charge in [-0.3, -0.25) is 0 Å². The van der Waals surface area contributed by atoms with Crippen LogP contribution >= 0.6 is 55.1 Å². The van der Waals surface area contributed by atoms with Crippen LogP contribution in [0.4, 0.5) is 0 Å². The predicted molar refractivity (Wildman–Crippen MR) is 116 cm³/mol. The van der Waals surface area contributed by atoms with Gasteiger partial charge in [0.15, 0.2) is 5.60 Å². The van der Waals surface area contributed by atoms with Gasteiger partial charge in [0.05, 0.1) is 14.0 Å². The molecule has 29 heavy (non-hydrogen) atoms. The summed E-state index contributed by atoms with van der Waals surface area (Å²) in [4.78, 5) is -0.0133. The van der Waals surface area contributed by atoms with E-state index in [9.17, 15) is 18.6 Å². The van der Waals surface area contributed by atoms with Crippen LogP contribution in [0.1, 0.15) is 16.7 Å². The van der Waals surface area contributed by atoms with Crippen molar-refractivity contribution in [1.82, 2.24) is 0 Å². The molecule has 150 valence electrons. The molecule has 4 rings (SSSR count). The van der Waals surface area contributed by atoms with Gasteiger partial charge in [0.1, 0.15) is 21.4 Å². The SMILES string of the molecule is O=S1(=O)OC(c2ccc(O)c(Br)c2)(c2cc(Br)c(O)c(Cl)c2Cl)c2ccccc21. The lowest BCUT2D eigenvalue weighted by Crippen LogP contribution is -2.30. The third-order valence-corrected chi connectivity index (χ3v) is 8.10. The molecule has 10 heteroatoms. The zero-order valence-electron chi connectivity index (χ0n) is 14.2. The maximum absolute atomic E-state index is 12.9. The van der Waals surface area contributed by atoms with Crippen molar-refractivity contribution in [2.45, 2.75) is 10.5 Å². The highest BCUT2D eigenvalue weighted by Crippen LogP contribution is 2.55. The van der Waals surface area contributed by atoms with Gasteiger partial charge in [0, 0.05) is 11.1 Å². The average Bonchev–Trinajstić information content (AvgIpc) is 2.94. The van der Waals surface area contributed by atoms with Crippen molar-refractivity contribution < 1.29 is 22.8 Å². The Morgan fingerprint density at radius 2 is 1.59 bits per heavy atom. The van der Waals surface area contributed by atoms with E-state index in [-0.39, 0.29) is 36.5 Å². The molecular formula is C19H10Br2Cl2O5S. The summed E-state index contributed by atoms with van der Waals surface area (Å²) in [6, 6.07) is 12.3. The second kappa shape index (κ2) is 7.14. The molecule has 1 aliphatic heterocycles. The minimum absolute atomic E-state index is 0.0133. The summed E-state index contributed by atoms with van der Waals surface area (Å²) in [5, 5.41) is 19.8. The van der Waals surface area contributed by atoms with Crippen LogP contribution in [-0.2, 0) is 19.9 Å². The van der Waals surface area contributed by atoms with Crippen LogP contribution in [0.15, 0.2) is 62.4 Å². The maximum Gasteiger partial charge on any atom is 0.298 e. The Bertz CT molecular complexity index is 1280. The highest BCUT2D eigenvalue weighted by molar-refractivity contribution is 9.10. The first-order valence-corrected chi connectivity index (χ1v) is 11.8. The fourth-order valence-electron chi connectivity index (χ4n) is 3.35. The first-order valence-electron chi connectivity index (χ1n) is 8.00. The van der Waals surface area contributed by atoms with Crippen molar-refractivity contribution in [3.63, 3.8) is 0 Å². The zero-order chi connectivity index (χ0) is 21.1. The molecule has 0 aliphatic carbocycles. The Hall–Kier alpha value is -1.29. The number of halogens is 4. The molecule has 0 saturated carbocycles. The van der Waals surface area contributed by atoms with E-state index >= 15 is 0 Å². The number of phenolic OH excluding ortho intramolecular Hbond substituents is 2. The summed E-state index contributed by atoms with van der Waals surface area (Å²) < 4.78 is 32.1. The van der Waals surface area contributed by atoms with Crippen LogP contribution in [0.3, 0.4) is 0 Å². The molecule has 0 fully saturated rings. The van der Waals surface area contributed by atoms with E-state index < -0.39 is 15.7 Å². The minimum Gasteiger partial charge on any atom is -0.507 e. The molecule has 1 heterocycles. The molecule has 1 atom stereocenters. The molecule has 2 N–H and O–H groups in total. The predicted octanol–water partition coefficient (Wildman–Crippen LogP) is 5.94. The van der Waals surface area contributed by atoms with E-state index in [0.717, 1.165) is 0 Å². The number of rotatable bonds is 2. The molecule has 3 aromatic rings. The van der Waals surface area contributed by atoms with E-state index in [0.29, 0.717) is 15.6 Å². The van der Waals surface area contributed by atoms with E-state index in [2.05, 4.69) is 31.9 Å². The Morgan fingerprint density at radius 3 is 2.28 bits per heavy atom. The minimum atomic E-state index is -4.14. The summed E-state index contributed by atoms with van der Waals surface area (Å²) in [6.45, 7) is 0. The summed E-state index contributed by atoms with van der Waals surface area (Å²) in [5.41, 5.74) is -0.776. The Kier molecular flexibility index (Phi) is 5.16. The van der Waals surface area contributed by atoms with E-state index in [1.165, 1.54) is 30.3 Å². The lowest BCUT2D eigenvalue weighted by molar-refractivity contribution is 0.180. The quantitative estimate of drug-likeness (QED) is 0.289. The van der Waals surface area contributed by atoms with Crippen molar-refractivity contribution in [3.05, 3.63) is 84.2 Å². The van der Waals surface area contributed by atoms with Crippen LogP contribution in [0.5, 0.6) is 11.5 Å². The molecular weight excluding hydrogens is 571 g/mol. The van der Waals surface area contributed by atoms with Gasteiger partial charge in [0.2, 0.25) is 0 Å². The topological polar surface area (TPSA) is 83.8 Å². The summed E-state index contributed by atoms with van der Waals surface area (Å²) in [6.07, 6.45) is 0. The fraction of sp³-hybridized carbons (Fsp3) is 0.0526. The van der Waals surface area contributed by atoms with Crippen molar-refractivity contribution in [2.24, 2.45) is 0 Å². The van der Waals surface area contributed by atoms with Crippen LogP contribution in [0.2, 0.25) is 10.0 Å². The van der Waals surface area contributed by atoms with Crippen molar-refractivity contribution in [2.75, 3.05) is 0 Å². The summed E-state index contributed by atoms with van der Waals surface area (Å²) >= 11 is 19.2. The second-order valence-corrected chi connectivity index (χ2v) is 10.2. The number of hydrogen-bond donors (Lipinski definition) is 2. The molecule has 0 amide bonds. The third kappa shape index (κ3) is 3.08. The number of hydrogen-bond acceptors (Lipinski definition) is 5. The third-order valence-electron chi connectivity index (χ3n) is 4.64. The number of phenols is 2. The Morgan fingerprint density at radius 1 is 0.897 bits per heavy atom. The van der Waals surface area contributed by atoms with Gasteiger partial charge in [-0.1, -0.05) is 47.5 Å². The standard InChI is InChI=1S/C19H10Br2Cl2O5S/c20-12-7-9(5-6-14(12)24)19(11-8-13(21)18(25)17(23)16(11)22)10-3-1-2-4-15(10)29(26,27)28-19/h1-8,24-25H. The smallest absolute Gasteiger partial charge is 0.298 e. The molecule has 0 radical (unpaired) electrons. The number of aromatic hydroxyl groups is 2. The first-order chi connectivity index (χ1) is 13.6. The number of benzene rings is 3. The van der Waals surface area contributed by atoms with Gasteiger partial charge in [-0.2, -0.15) is 8.42 Å². The van der Waals surface area contributed by atoms with Gasteiger partial charge >= 0.3 is 0 Å². The molecule has 1 aliphatic rings. The van der Waals surface area contributed by atoms with E-state index in [4.69, 9.17) is 27.4 Å². The van der Waals surface area contributed by atoms with Gasteiger partial charge in [-0.25, -0.2) is 4.18 Å². The highest BCUT2D eigenvalue weighted by atomic mass is 79.9. The van der Waals surface area contributed by atoms with Gasteiger partial charge < -0.3 is 10.2 Å². The van der Waals surface area contributed by atoms with Crippen LogP contribution < -0.4 is 0 Å². The zero-order valence-corrected chi connectivity index (χ0v) is 19.7. The monoisotopic (exact) mass is 578 g/mol. The Labute approximate surface area is 193 Å². The first kappa shape index (κ1) is 21.0. The molecule has 3 aromatic carbocycles. The molecule has 0 spiro atoms. The lowest BCUT2D eigenvalue weighted by atomic mass is 9.80. The molecule has 1 unspecified atom stereocenters. The van der Waals surface area contributed by atoms with E-state index in [1.54, 1.807) is 18.2 Å². The molecule has 0 aromatic heterocycles. The van der Waals surface area contributed by atoms with Crippen LogP contribution in [0.25, 0.3) is 0 Å². The normalized spacial score (nSPS) is 19.9.